The highest BCUT2D eigenvalue weighted by Gasteiger charge is 2.33. The van der Waals surface area contributed by atoms with Crippen LogP contribution in [0.3, 0.4) is 0 Å². The average Bonchev–Trinajstić information content (AvgIpc) is 2.75. The lowest BCUT2D eigenvalue weighted by molar-refractivity contribution is -0.0788. The Morgan fingerprint density at radius 1 is 1.20 bits per heavy atom. The van der Waals surface area contributed by atoms with Gasteiger partial charge in [0.05, 0.1) is 26.4 Å². The normalized spacial score (nSPS) is 19.7. The molecule has 2 N–H and O–H groups in total. The van der Waals surface area contributed by atoms with E-state index in [-0.39, 0.29) is 17.9 Å². The van der Waals surface area contributed by atoms with Gasteiger partial charge < -0.3 is 19.7 Å². The van der Waals surface area contributed by atoms with Crippen LogP contribution in [0, 0.1) is 11.8 Å². The van der Waals surface area contributed by atoms with Gasteiger partial charge in [-0.2, -0.15) is 0 Å². The summed E-state index contributed by atoms with van der Waals surface area (Å²) in [7, 11) is 1.63. The van der Waals surface area contributed by atoms with Crippen LogP contribution in [-0.2, 0) is 16.8 Å². The van der Waals surface area contributed by atoms with Gasteiger partial charge in [0.15, 0.2) is 0 Å². The van der Waals surface area contributed by atoms with Crippen molar-refractivity contribution in [3.05, 3.63) is 76.9 Å². The lowest BCUT2D eigenvalue weighted by Gasteiger charge is -2.34. The van der Waals surface area contributed by atoms with E-state index in [0.29, 0.717) is 6.61 Å². The molecule has 0 fully saturated rings. The van der Waals surface area contributed by atoms with Crippen molar-refractivity contribution in [2.75, 3.05) is 13.7 Å². The van der Waals surface area contributed by atoms with Crippen molar-refractivity contribution in [2.45, 2.75) is 50.9 Å². The third-order valence-corrected chi connectivity index (χ3v) is 5.42. The number of hydrogen-bond donors (Lipinski definition) is 2. The second kappa shape index (κ2) is 9.49. The number of allylic oxidation sites excluding steroid dienone is 1. The second-order valence-electron chi connectivity index (χ2n) is 8.57. The summed E-state index contributed by atoms with van der Waals surface area (Å²) in [5.41, 5.74) is 4.40. The highest BCUT2D eigenvalue weighted by Crippen LogP contribution is 2.36. The van der Waals surface area contributed by atoms with Crippen LogP contribution in [0.5, 0.6) is 5.75 Å². The number of aliphatic hydroxyl groups excluding tert-OH is 2. The van der Waals surface area contributed by atoms with E-state index in [2.05, 4.69) is 44.7 Å². The van der Waals surface area contributed by atoms with Gasteiger partial charge in [-0.3, -0.25) is 0 Å². The first-order valence-corrected chi connectivity index (χ1v) is 10.2. The molecule has 2 aromatic rings. The minimum Gasteiger partial charge on any atom is -0.497 e. The average molecular weight is 407 g/mol. The van der Waals surface area contributed by atoms with Gasteiger partial charge >= 0.3 is 0 Å². The Morgan fingerprint density at radius 3 is 2.57 bits per heavy atom. The predicted molar refractivity (Wildman–Crippen MR) is 119 cm³/mol. The summed E-state index contributed by atoms with van der Waals surface area (Å²) in [6.45, 7) is 6.57. The lowest BCUT2D eigenvalue weighted by atomic mass is 9.84. The van der Waals surface area contributed by atoms with Gasteiger partial charge in [0, 0.05) is 11.5 Å². The van der Waals surface area contributed by atoms with Crippen LogP contribution in [0.1, 0.15) is 48.9 Å². The van der Waals surface area contributed by atoms with Crippen molar-refractivity contribution < 1.29 is 19.7 Å². The Balaban J connectivity index is 1.82. The van der Waals surface area contributed by atoms with Crippen molar-refractivity contribution in [1.29, 1.82) is 0 Å². The van der Waals surface area contributed by atoms with Crippen molar-refractivity contribution in [3.63, 3.8) is 0 Å². The quantitative estimate of drug-likeness (QED) is 0.756. The number of hydrogen-bond acceptors (Lipinski definition) is 4. The molecule has 2 aromatic carbocycles. The van der Waals surface area contributed by atoms with Crippen molar-refractivity contribution >= 4 is 0 Å². The van der Waals surface area contributed by atoms with E-state index < -0.39 is 12.2 Å². The summed E-state index contributed by atoms with van der Waals surface area (Å²) in [5.74, 6) is 6.79. The zero-order chi connectivity index (χ0) is 21.7. The summed E-state index contributed by atoms with van der Waals surface area (Å²) >= 11 is 0. The van der Waals surface area contributed by atoms with Crippen LogP contribution in [0.2, 0.25) is 0 Å². The van der Waals surface area contributed by atoms with Gasteiger partial charge in [0.2, 0.25) is 0 Å². The molecular formula is C26H30O4. The molecule has 0 amide bonds. The molecule has 4 nitrogen and oxygen atoms in total. The smallest absolute Gasteiger partial charge is 0.119 e. The Bertz CT molecular complexity index is 942. The predicted octanol–water partition coefficient (Wildman–Crippen LogP) is 3.94. The molecule has 30 heavy (non-hydrogen) atoms. The number of rotatable bonds is 4. The molecule has 0 aliphatic carbocycles. The van der Waals surface area contributed by atoms with Gasteiger partial charge in [0.1, 0.15) is 11.9 Å². The Kier molecular flexibility index (Phi) is 6.99. The molecule has 0 aromatic heterocycles. The molecule has 0 bridgehead atoms. The van der Waals surface area contributed by atoms with E-state index >= 15 is 0 Å². The minimum atomic E-state index is -0.965. The molecule has 4 heteroatoms. The first kappa shape index (κ1) is 22.1. The zero-order valence-electron chi connectivity index (χ0n) is 18.1. The van der Waals surface area contributed by atoms with Crippen molar-refractivity contribution in [1.82, 2.24) is 0 Å². The van der Waals surface area contributed by atoms with E-state index in [1.165, 1.54) is 5.56 Å². The van der Waals surface area contributed by atoms with E-state index in [4.69, 9.17) is 9.47 Å². The molecule has 3 rings (SSSR count). The highest BCUT2D eigenvalue weighted by molar-refractivity contribution is 5.43. The van der Waals surface area contributed by atoms with Crippen LogP contribution in [0.4, 0.5) is 0 Å². The van der Waals surface area contributed by atoms with Crippen LogP contribution in [-0.4, -0.2) is 36.1 Å². The molecule has 1 aliphatic heterocycles. The number of methoxy groups -OCH3 is 1. The van der Waals surface area contributed by atoms with E-state index in [9.17, 15) is 10.2 Å². The Morgan fingerprint density at radius 2 is 1.93 bits per heavy atom. The summed E-state index contributed by atoms with van der Waals surface area (Å²) in [6.07, 6.45) is 2.24. The minimum absolute atomic E-state index is 0.117. The molecule has 158 valence electrons. The lowest BCUT2D eigenvalue weighted by Crippen LogP contribution is -2.39. The fourth-order valence-corrected chi connectivity index (χ4v) is 3.62. The van der Waals surface area contributed by atoms with Crippen LogP contribution in [0.15, 0.2) is 54.6 Å². The summed E-state index contributed by atoms with van der Waals surface area (Å²) in [5, 5.41) is 19.7. The molecule has 3 unspecified atom stereocenters. The van der Waals surface area contributed by atoms with E-state index in [1.54, 1.807) is 13.2 Å². The monoisotopic (exact) mass is 406 g/mol. The van der Waals surface area contributed by atoms with Gasteiger partial charge in [0.25, 0.3) is 0 Å². The highest BCUT2D eigenvalue weighted by atomic mass is 16.5. The maximum Gasteiger partial charge on any atom is 0.119 e. The van der Waals surface area contributed by atoms with E-state index in [0.717, 1.165) is 22.4 Å². The first-order valence-electron chi connectivity index (χ1n) is 10.2. The van der Waals surface area contributed by atoms with Gasteiger partial charge in [-0.05, 0) is 52.4 Å². The summed E-state index contributed by atoms with van der Waals surface area (Å²) in [4.78, 5) is 0. The first-order chi connectivity index (χ1) is 14.3. The molecule has 0 saturated heterocycles. The fourth-order valence-electron chi connectivity index (χ4n) is 3.62. The summed E-state index contributed by atoms with van der Waals surface area (Å²) < 4.78 is 11.2. The molecule has 3 atom stereocenters. The van der Waals surface area contributed by atoms with Crippen molar-refractivity contribution in [3.8, 4) is 17.6 Å². The standard InChI is InChI=1S/C26H30O4/c1-26(2,3)20-11-9-18(10-12-20)7-5-6-8-23-22-14-13-21(29-4)15-19(22)17-30-25(23)24(28)16-27/h6,8-15,23-25,27-28H,16-17H2,1-4H3. The Labute approximate surface area is 179 Å². The third-order valence-electron chi connectivity index (χ3n) is 5.42. The topological polar surface area (TPSA) is 58.9 Å². The van der Waals surface area contributed by atoms with Gasteiger partial charge in [-0.25, -0.2) is 0 Å². The fraction of sp³-hybridized carbons (Fsp3) is 0.385. The number of fused-ring (bicyclic) bond motifs is 1. The molecule has 0 radical (unpaired) electrons. The molecule has 0 saturated carbocycles. The Hall–Kier alpha value is -2.58. The SMILES string of the molecule is COc1ccc2c(c1)COC(C(O)CO)C2C=CC#Cc1ccc(C(C)(C)C)cc1. The third kappa shape index (κ3) is 5.12. The molecule has 1 aliphatic rings. The maximum absolute atomic E-state index is 10.2. The molecule has 0 spiro atoms. The largest absolute Gasteiger partial charge is 0.497 e. The van der Waals surface area contributed by atoms with Crippen LogP contribution >= 0.6 is 0 Å². The number of aliphatic hydroxyl groups is 2. The second-order valence-corrected chi connectivity index (χ2v) is 8.57. The number of ether oxygens (including phenoxy) is 2. The molecular weight excluding hydrogens is 376 g/mol. The van der Waals surface area contributed by atoms with Gasteiger partial charge in [-0.1, -0.05) is 56.9 Å². The van der Waals surface area contributed by atoms with Crippen LogP contribution < -0.4 is 4.74 Å². The molecule has 1 heterocycles. The van der Waals surface area contributed by atoms with E-state index in [1.807, 2.05) is 36.4 Å². The summed E-state index contributed by atoms with van der Waals surface area (Å²) in [6, 6.07) is 14.1. The van der Waals surface area contributed by atoms with Gasteiger partial charge in [-0.15, -0.1) is 0 Å². The van der Waals surface area contributed by atoms with Crippen molar-refractivity contribution in [2.24, 2.45) is 0 Å². The number of benzene rings is 2. The maximum atomic E-state index is 10.2. The zero-order valence-corrected chi connectivity index (χ0v) is 18.1. The van der Waals surface area contributed by atoms with Crippen LogP contribution in [0.25, 0.3) is 0 Å².